The van der Waals surface area contributed by atoms with E-state index in [1.54, 1.807) is 12.1 Å². The maximum Gasteiger partial charge on any atom is 0.167 e. The second-order valence-corrected chi connectivity index (χ2v) is 1.60. The number of rotatable bonds is 1. The smallest absolute Gasteiger partial charge is 0.167 e. The van der Waals surface area contributed by atoms with Gasteiger partial charge in [-0.05, 0) is 12.1 Å². The van der Waals surface area contributed by atoms with Crippen molar-refractivity contribution in [2.45, 2.75) is 0 Å². The topological polar surface area (TPSA) is 30.0 Å². The average molecular weight is 119 g/mol. The van der Waals surface area contributed by atoms with Crippen LogP contribution < -0.4 is 0 Å². The number of hydrogen-bond donors (Lipinski definition) is 0. The van der Waals surface area contributed by atoms with Crippen LogP contribution in [-0.2, 0) is 0 Å². The van der Waals surface area contributed by atoms with Crippen molar-refractivity contribution >= 4 is 5.78 Å². The first kappa shape index (κ1) is 5.95. The van der Waals surface area contributed by atoms with Gasteiger partial charge >= 0.3 is 0 Å². The van der Waals surface area contributed by atoms with Crippen molar-refractivity contribution in [3.63, 3.8) is 0 Å². The second kappa shape index (κ2) is 2.40. The fraction of sp³-hybridized carbons (Fsp3) is 0. The van der Waals surface area contributed by atoms with Gasteiger partial charge in [0.25, 0.3) is 0 Å². The Hall–Kier alpha value is -1.18. The van der Waals surface area contributed by atoms with Gasteiger partial charge in [0.1, 0.15) is 0 Å². The highest BCUT2D eigenvalue weighted by atomic mass is 16.1. The Labute approximate surface area is 53.5 Å². The van der Waals surface area contributed by atoms with Crippen LogP contribution in [0.3, 0.4) is 0 Å². The molecule has 0 aliphatic rings. The number of hydrogen-bond acceptors (Lipinski definition) is 2. The van der Waals surface area contributed by atoms with Crippen LogP contribution in [-0.4, -0.2) is 10.8 Å². The lowest BCUT2D eigenvalue weighted by Gasteiger charge is -1.88. The Kier molecular flexibility index (Phi) is 1.58. The van der Waals surface area contributed by atoms with Crippen LogP contribution in [0.4, 0.5) is 0 Å². The molecule has 1 aromatic rings. The monoisotopic (exact) mass is 119 g/mol. The van der Waals surface area contributed by atoms with Crippen molar-refractivity contribution in [3.8, 4) is 0 Å². The molecule has 1 aromatic heterocycles. The molecule has 0 saturated heterocycles. The highest BCUT2D eigenvalue weighted by molar-refractivity contribution is 5.99. The van der Waals surface area contributed by atoms with Crippen LogP contribution in [0.15, 0.2) is 24.5 Å². The van der Waals surface area contributed by atoms with Gasteiger partial charge in [0.15, 0.2) is 5.78 Å². The van der Waals surface area contributed by atoms with E-state index in [1.807, 2.05) is 0 Å². The first-order valence-corrected chi connectivity index (χ1v) is 2.50. The Bertz CT molecular complexity index is 205. The molecule has 0 atom stereocenters. The van der Waals surface area contributed by atoms with E-state index in [-0.39, 0.29) is 0 Å². The summed E-state index contributed by atoms with van der Waals surface area (Å²) in [6.07, 6.45) is 3.06. The fourth-order valence-electron chi connectivity index (χ4n) is 0.516. The molecular weight excluding hydrogens is 114 g/mol. The molecule has 1 rings (SSSR count). The third-order valence-corrected chi connectivity index (χ3v) is 0.965. The SMILES string of the molecule is [CH]C(=O)c1ccncc1. The molecule has 2 heteroatoms. The van der Waals surface area contributed by atoms with E-state index in [0.717, 1.165) is 0 Å². The summed E-state index contributed by atoms with van der Waals surface area (Å²) in [5, 5.41) is 0. The predicted octanol–water partition coefficient (Wildman–Crippen LogP) is 0.975. The summed E-state index contributed by atoms with van der Waals surface area (Å²) in [5.74, 6) is -0.419. The normalized spacial score (nSPS) is 9.00. The van der Waals surface area contributed by atoms with Crippen molar-refractivity contribution in [1.29, 1.82) is 0 Å². The Morgan fingerprint density at radius 3 is 2.33 bits per heavy atom. The quantitative estimate of drug-likeness (QED) is 0.516. The van der Waals surface area contributed by atoms with E-state index in [1.165, 1.54) is 12.4 Å². The molecule has 0 bridgehead atoms. The van der Waals surface area contributed by atoms with Crippen LogP contribution >= 0.6 is 0 Å². The zero-order valence-corrected chi connectivity index (χ0v) is 4.74. The Morgan fingerprint density at radius 2 is 2.00 bits per heavy atom. The molecule has 0 unspecified atom stereocenters. The van der Waals surface area contributed by atoms with Gasteiger partial charge < -0.3 is 0 Å². The molecule has 0 amide bonds. The summed E-state index contributed by atoms with van der Waals surface area (Å²) in [4.78, 5) is 14.1. The van der Waals surface area contributed by atoms with Gasteiger partial charge in [-0.2, -0.15) is 0 Å². The van der Waals surface area contributed by atoms with Gasteiger partial charge in [-0.15, -0.1) is 0 Å². The van der Waals surface area contributed by atoms with Gasteiger partial charge in [-0.3, -0.25) is 9.78 Å². The number of carbonyl (C=O) groups excluding carboxylic acids is 1. The summed E-state index contributed by atoms with van der Waals surface area (Å²) < 4.78 is 0. The molecule has 0 aliphatic heterocycles. The van der Waals surface area contributed by atoms with E-state index in [2.05, 4.69) is 4.98 Å². The fourth-order valence-corrected chi connectivity index (χ4v) is 0.516. The summed E-state index contributed by atoms with van der Waals surface area (Å²) in [6.45, 7) is 4.95. The van der Waals surface area contributed by atoms with Crippen LogP contribution in [0, 0.1) is 6.92 Å². The number of pyridine rings is 1. The van der Waals surface area contributed by atoms with E-state index in [0.29, 0.717) is 5.56 Å². The molecule has 0 spiro atoms. The van der Waals surface area contributed by atoms with Crippen molar-refractivity contribution < 1.29 is 4.79 Å². The van der Waals surface area contributed by atoms with Crippen molar-refractivity contribution in [2.24, 2.45) is 0 Å². The van der Waals surface area contributed by atoms with E-state index in [4.69, 9.17) is 6.92 Å². The molecule has 0 aliphatic carbocycles. The van der Waals surface area contributed by atoms with Crippen LogP contribution in [0.1, 0.15) is 10.4 Å². The van der Waals surface area contributed by atoms with Gasteiger partial charge in [0.2, 0.25) is 0 Å². The van der Waals surface area contributed by atoms with Gasteiger partial charge in [-0.25, -0.2) is 0 Å². The predicted molar refractivity (Wildman–Crippen MR) is 32.9 cm³/mol. The lowest BCUT2D eigenvalue weighted by atomic mass is 10.2. The minimum absolute atomic E-state index is 0.419. The maximum absolute atomic E-state index is 10.4. The van der Waals surface area contributed by atoms with Crippen LogP contribution in [0.2, 0.25) is 0 Å². The zero-order valence-electron chi connectivity index (χ0n) is 4.74. The van der Waals surface area contributed by atoms with E-state index in [9.17, 15) is 4.79 Å². The lowest BCUT2D eigenvalue weighted by Crippen LogP contribution is -1.90. The standard InChI is InChI=1S/C7H5NO/c1-6(9)7-2-4-8-5-3-7/h1-5H. The van der Waals surface area contributed by atoms with Gasteiger partial charge in [0.05, 0.1) is 0 Å². The highest BCUT2D eigenvalue weighted by Crippen LogP contribution is 1.94. The van der Waals surface area contributed by atoms with E-state index < -0.39 is 5.78 Å². The van der Waals surface area contributed by atoms with Crippen molar-refractivity contribution in [2.75, 3.05) is 0 Å². The molecule has 0 saturated carbocycles. The Balaban J connectivity index is 2.98. The lowest BCUT2D eigenvalue weighted by molar-refractivity contribution is 0.104. The van der Waals surface area contributed by atoms with E-state index >= 15 is 0 Å². The minimum Gasteiger partial charge on any atom is -0.294 e. The molecule has 0 aromatic carbocycles. The largest absolute Gasteiger partial charge is 0.294 e. The maximum atomic E-state index is 10.4. The van der Waals surface area contributed by atoms with Gasteiger partial charge in [0, 0.05) is 24.9 Å². The summed E-state index contributed by atoms with van der Waals surface area (Å²) in [6, 6.07) is 3.14. The molecule has 44 valence electrons. The Morgan fingerprint density at radius 1 is 1.44 bits per heavy atom. The third-order valence-electron chi connectivity index (χ3n) is 0.965. The summed E-state index contributed by atoms with van der Waals surface area (Å²) in [5.41, 5.74) is 0.491. The molecule has 2 radical (unpaired) electrons. The molecule has 0 N–H and O–H groups in total. The molecule has 1 heterocycles. The summed E-state index contributed by atoms with van der Waals surface area (Å²) in [7, 11) is 0. The number of aromatic nitrogens is 1. The molecule has 0 fully saturated rings. The van der Waals surface area contributed by atoms with Gasteiger partial charge in [-0.1, -0.05) is 0 Å². The number of Topliss-reactive ketones (excluding diaryl/α,β-unsaturated/α-hetero) is 1. The number of nitrogens with zero attached hydrogens (tertiary/aromatic N) is 1. The average Bonchev–Trinajstić information content (AvgIpc) is 1.90. The first-order chi connectivity index (χ1) is 4.30. The van der Waals surface area contributed by atoms with Crippen molar-refractivity contribution in [1.82, 2.24) is 4.98 Å². The van der Waals surface area contributed by atoms with Crippen LogP contribution in [0.5, 0.6) is 0 Å². The third kappa shape index (κ3) is 1.35. The van der Waals surface area contributed by atoms with Crippen molar-refractivity contribution in [3.05, 3.63) is 37.0 Å². The highest BCUT2D eigenvalue weighted by Gasteiger charge is 1.94. The zero-order chi connectivity index (χ0) is 6.69. The minimum atomic E-state index is -0.419. The molecule has 9 heavy (non-hydrogen) atoms. The molecular formula is C7H5NO. The first-order valence-electron chi connectivity index (χ1n) is 2.50. The summed E-state index contributed by atoms with van der Waals surface area (Å²) >= 11 is 0. The van der Waals surface area contributed by atoms with Crippen LogP contribution in [0.25, 0.3) is 0 Å². The molecule has 2 nitrogen and oxygen atoms in total. The second-order valence-electron chi connectivity index (χ2n) is 1.60. The number of carbonyl (C=O) groups is 1. The number of ketones is 1.